The molecule has 0 saturated carbocycles. The fourth-order valence-electron chi connectivity index (χ4n) is 1.85. The van der Waals surface area contributed by atoms with Crippen molar-refractivity contribution in [3.8, 4) is 11.8 Å². The van der Waals surface area contributed by atoms with Crippen molar-refractivity contribution in [1.29, 1.82) is 0 Å². The summed E-state index contributed by atoms with van der Waals surface area (Å²) in [5.41, 5.74) is 1.96. The molecule has 0 aliphatic heterocycles. The summed E-state index contributed by atoms with van der Waals surface area (Å²) < 4.78 is 5.22. The summed E-state index contributed by atoms with van der Waals surface area (Å²) in [5.74, 6) is 6.12. The molecule has 0 fully saturated rings. The van der Waals surface area contributed by atoms with Gasteiger partial charge in [-0.15, -0.1) is 0 Å². The van der Waals surface area contributed by atoms with Gasteiger partial charge in [-0.3, -0.25) is 0 Å². The third kappa shape index (κ3) is 6.10. The van der Waals surface area contributed by atoms with E-state index in [9.17, 15) is 4.79 Å². The summed E-state index contributed by atoms with van der Waals surface area (Å²) >= 11 is 0. The van der Waals surface area contributed by atoms with Crippen LogP contribution in [0.25, 0.3) is 0 Å². The molecule has 0 radical (unpaired) electrons. The summed E-state index contributed by atoms with van der Waals surface area (Å²) in [5, 5.41) is 0. The van der Waals surface area contributed by atoms with Crippen LogP contribution in [0.1, 0.15) is 31.9 Å². The van der Waals surface area contributed by atoms with E-state index in [0.29, 0.717) is 5.71 Å². The number of hydrogen-bond acceptors (Lipinski definition) is 2. The van der Waals surface area contributed by atoms with Crippen molar-refractivity contribution in [1.82, 2.24) is 0 Å². The first-order chi connectivity index (χ1) is 11.4. The second kappa shape index (κ2) is 8.12. The molecular formula is C21H21NO2. The molecule has 2 rings (SSSR count). The minimum atomic E-state index is -0.638. The van der Waals surface area contributed by atoms with Crippen molar-refractivity contribution in [3.05, 3.63) is 71.8 Å². The lowest BCUT2D eigenvalue weighted by molar-refractivity contribution is 0.151. The molecule has 24 heavy (non-hydrogen) atoms. The number of aliphatic imine (C=N–C) groups is 1. The third-order valence-corrected chi connectivity index (χ3v) is 3.01. The van der Waals surface area contributed by atoms with Crippen LogP contribution in [-0.2, 0) is 11.3 Å². The molecule has 0 bridgehead atoms. The molecule has 1 amide bonds. The van der Waals surface area contributed by atoms with E-state index in [0.717, 1.165) is 11.1 Å². The molecule has 2 aromatic carbocycles. The molecule has 0 unspecified atom stereocenters. The lowest BCUT2D eigenvalue weighted by atomic mass is 9.97. The maximum Gasteiger partial charge on any atom is 0.435 e. The Hall–Kier alpha value is -2.86. The van der Waals surface area contributed by atoms with E-state index in [-0.39, 0.29) is 12.0 Å². The zero-order chi connectivity index (χ0) is 17.4. The maximum atomic E-state index is 12.0. The average Bonchev–Trinajstić information content (AvgIpc) is 2.57. The molecule has 3 nitrogen and oxygen atoms in total. The van der Waals surface area contributed by atoms with Crippen molar-refractivity contribution in [2.24, 2.45) is 10.4 Å². The van der Waals surface area contributed by atoms with E-state index in [2.05, 4.69) is 16.8 Å². The zero-order valence-electron chi connectivity index (χ0n) is 14.2. The van der Waals surface area contributed by atoms with Crippen LogP contribution in [0.2, 0.25) is 0 Å². The second-order valence-corrected chi connectivity index (χ2v) is 6.37. The van der Waals surface area contributed by atoms with Crippen molar-refractivity contribution in [2.45, 2.75) is 27.4 Å². The first-order valence-electron chi connectivity index (χ1n) is 7.82. The van der Waals surface area contributed by atoms with Crippen LogP contribution >= 0.6 is 0 Å². The van der Waals surface area contributed by atoms with E-state index < -0.39 is 6.09 Å². The topological polar surface area (TPSA) is 38.7 Å². The van der Waals surface area contributed by atoms with Crippen molar-refractivity contribution in [2.75, 3.05) is 0 Å². The molecular weight excluding hydrogens is 298 g/mol. The van der Waals surface area contributed by atoms with Crippen LogP contribution in [0, 0.1) is 17.3 Å². The summed E-state index contributed by atoms with van der Waals surface area (Å²) in [7, 11) is 0. The second-order valence-electron chi connectivity index (χ2n) is 6.37. The van der Waals surface area contributed by atoms with Crippen molar-refractivity contribution in [3.63, 3.8) is 0 Å². The van der Waals surface area contributed by atoms with Gasteiger partial charge in [0.1, 0.15) is 12.3 Å². The number of hydrogen-bond donors (Lipinski definition) is 0. The highest BCUT2D eigenvalue weighted by atomic mass is 16.5. The van der Waals surface area contributed by atoms with E-state index in [1.54, 1.807) is 0 Å². The predicted octanol–water partition coefficient (Wildman–Crippen LogP) is 4.86. The van der Waals surface area contributed by atoms with E-state index in [1.165, 1.54) is 0 Å². The van der Waals surface area contributed by atoms with Crippen molar-refractivity contribution >= 4 is 11.8 Å². The molecule has 0 heterocycles. The van der Waals surface area contributed by atoms with Gasteiger partial charge in [0.25, 0.3) is 0 Å². The Labute approximate surface area is 143 Å². The molecule has 0 aromatic heterocycles. The smallest absolute Gasteiger partial charge is 0.435 e. The number of ether oxygens (including phenoxy) is 1. The van der Waals surface area contributed by atoms with Crippen LogP contribution < -0.4 is 0 Å². The number of carbonyl (C=O) groups excluding carboxylic acids is 1. The highest BCUT2D eigenvalue weighted by Gasteiger charge is 2.08. The van der Waals surface area contributed by atoms with Gasteiger partial charge in [0.05, 0.1) is 0 Å². The lowest BCUT2D eigenvalue weighted by Crippen LogP contribution is -2.07. The molecule has 2 aromatic rings. The summed E-state index contributed by atoms with van der Waals surface area (Å²) in [6.45, 7) is 6.22. The van der Waals surface area contributed by atoms with Crippen LogP contribution in [0.15, 0.2) is 65.7 Å². The fourth-order valence-corrected chi connectivity index (χ4v) is 1.85. The van der Waals surface area contributed by atoms with Gasteiger partial charge in [-0.1, -0.05) is 66.6 Å². The number of nitrogens with zero attached hydrogens (tertiary/aromatic N) is 1. The first kappa shape index (κ1) is 17.5. The van der Waals surface area contributed by atoms with Gasteiger partial charge in [-0.05, 0) is 32.3 Å². The predicted molar refractivity (Wildman–Crippen MR) is 96.8 cm³/mol. The van der Waals surface area contributed by atoms with Gasteiger partial charge < -0.3 is 4.74 Å². The highest BCUT2D eigenvalue weighted by Crippen LogP contribution is 2.11. The standard InChI is InChI=1S/C21H21NO2/c1-21(2,3)15-14-19(18-12-8-5-9-13-18)22-20(23)24-16-17-10-6-4-7-11-17/h4-13H,16H2,1-3H3/b22-19-. The van der Waals surface area contributed by atoms with Gasteiger partial charge in [0, 0.05) is 11.0 Å². The molecule has 0 aliphatic rings. The van der Waals surface area contributed by atoms with Crippen LogP contribution in [-0.4, -0.2) is 11.8 Å². The summed E-state index contributed by atoms with van der Waals surface area (Å²) in [6.07, 6.45) is -0.638. The van der Waals surface area contributed by atoms with E-state index >= 15 is 0 Å². The Morgan fingerprint density at radius 2 is 1.58 bits per heavy atom. The number of carbonyl (C=O) groups is 1. The van der Waals surface area contributed by atoms with Crippen LogP contribution in [0.4, 0.5) is 4.79 Å². The molecule has 0 atom stereocenters. The van der Waals surface area contributed by atoms with Crippen LogP contribution in [0.3, 0.4) is 0 Å². The molecule has 0 spiro atoms. The largest absolute Gasteiger partial charge is 0.443 e. The van der Waals surface area contributed by atoms with Gasteiger partial charge in [0.15, 0.2) is 0 Å². The highest BCUT2D eigenvalue weighted by molar-refractivity contribution is 6.16. The number of rotatable bonds is 3. The molecule has 3 heteroatoms. The Morgan fingerprint density at radius 1 is 1.00 bits per heavy atom. The van der Waals surface area contributed by atoms with Gasteiger partial charge >= 0.3 is 6.09 Å². The maximum absolute atomic E-state index is 12.0. The molecule has 0 N–H and O–H groups in total. The van der Waals surface area contributed by atoms with Gasteiger partial charge in [0.2, 0.25) is 0 Å². The van der Waals surface area contributed by atoms with Gasteiger partial charge in [-0.25, -0.2) is 4.79 Å². The normalized spacial score (nSPS) is 11.4. The Bertz CT molecular complexity index is 760. The zero-order valence-corrected chi connectivity index (χ0v) is 14.2. The molecule has 122 valence electrons. The minimum Gasteiger partial charge on any atom is -0.443 e. The van der Waals surface area contributed by atoms with E-state index in [4.69, 9.17) is 4.74 Å². The Balaban J connectivity index is 2.17. The SMILES string of the molecule is CC(C)(C)C#C/C(=N/C(=O)OCc1ccccc1)c1ccccc1. The average molecular weight is 319 g/mol. The summed E-state index contributed by atoms with van der Waals surface area (Å²) in [4.78, 5) is 16.1. The monoisotopic (exact) mass is 319 g/mol. The Kier molecular flexibility index (Phi) is 5.92. The Morgan fingerprint density at radius 3 is 2.17 bits per heavy atom. The summed E-state index contributed by atoms with van der Waals surface area (Å²) in [6, 6.07) is 18.9. The van der Waals surface area contributed by atoms with Gasteiger partial charge in [-0.2, -0.15) is 4.99 Å². The minimum absolute atomic E-state index is 0.177. The van der Waals surface area contributed by atoms with Crippen LogP contribution in [0.5, 0.6) is 0 Å². The molecule has 0 aliphatic carbocycles. The number of benzene rings is 2. The lowest BCUT2D eigenvalue weighted by Gasteiger charge is -2.07. The quantitative estimate of drug-likeness (QED) is 0.598. The third-order valence-electron chi connectivity index (χ3n) is 3.01. The van der Waals surface area contributed by atoms with Crippen molar-refractivity contribution < 1.29 is 9.53 Å². The fraction of sp³-hybridized carbons (Fsp3) is 0.238. The first-order valence-corrected chi connectivity index (χ1v) is 7.82. The van der Waals surface area contributed by atoms with E-state index in [1.807, 2.05) is 81.4 Å². The molecule has 0 saturated heterocycles. The number of amides is 1.